The molecule has 9 heteroatoms. The van der Waals surface area contributed by atoms with Crippen molar-refractivity contribution < 1.29 is 22.7 Å². The SMILES string of the molecule is CC[C@@H](C(=O)NC(C)C)N(Cc1ccc(OC)cc1)C(=O)CN(c1cccc(C)c1C)S(=O)(=O)c1ccc(C)cc1. The minimum absolute atomic E-state index is 0.0862. The number of benzene rings is 3. The molecule has 0 aliphatic carbocycles. The number of sulfonamides is 1. The predicted octanol–water partition coefficient (Wildman–Crippen LogP) is 5.15. The van der Waals surface area contributed by atoms with Gasteiger partial charge in [0, 0.05) is 12.6 Å². The molecule has 41 heavy (non-hydrogen) atoms. The first-order valence-corrected chi connectivity index (χ1v) is 15.2. The van der Waals surface area contributed by atoms with Crippen molar-refractivity contribution in [1.29, 1.82) is 0 Å². The molecule has 0 spiro atoms. The van der Waals surface area contributed by atoms with E-state index in [4.69, 9.17) is 4.74 Å². The van der Waals surface area contributed by atoms with Crippen LogP contribution in [-0.2, 0) is 26.2 Å². The minimum Gasteiger partial charge on any atom is -0.497 e. The summed E-state index contributed by atoms with van der Waals surface area (Å²) in [7, 11) is -2.55. The Kier molecular flexibility index (Phi) is 10.6. The molecule has 0 aliphatic rings. The fraction of sp³-hybridized carbons (Fsp3) is 0.375. The van der Waals surface area contributed by atoms with Crippen molar-refractivity contribution in [1.82, 2.24) is 10.2 Å². The summed E-state index contributed by atoms with van der Waals surface area (Å²) in [6.45, 7) is 10.8. The van der Waals surface area contributed by atoms with E-state index in [1.807, 2.05) is 59.7 Å². The summed E-state index contributed by atoms with van der Waals surface area (Å²) in [4.78, 5) is 29.0. The van der Waals surface area contributed by atoms with Gasteiger partial charge in [-0.3, -0.25) is 13.9 Å². The molecule has 1 N–H and O–H groups in total. The summed E-state index contributed by atoms with van der Waals surface area (Å²) in [5.41, 5.74) is 3.78. The molecule has 0 saturated carbocycles. The fourth-order valence-electron chi connectivity index (χ4n) is 4.58. The Bertz CT molecular complexity index is 1450. The van der Waals surface area contributed by atoms with Gasteiger partial charge in [-0.25, -0.2) is 8.42 Å². The summed E-state index contributed by atoms with van der Waals surface area (Å²) in [6, 6.07) is 18.3. The van der Waals surface area contributed by atoms with Crippen molar-refractivity contribution in [3.8, 4) is 5.75 Å². The quantitative estimate of drug-likeness (QED) is 0.320. The number of anilines is 1. The predicted molar refractivity (Wildman–Crippen MR) is 163 cm³/mol. The van der Waals surface area contributed by atoms with Crippen LogP contribution in [0.1, 0.15) is 49.4 Å². The molecule has 3 rings (SSSR count). The Hall–Kier alpha value is -3.85. The fourth-order valence-corrected chi connectivity index (χ4v) is 6.06. The number of hydrogen-bond acceptors (Lipinski definition) is 5. The lowest BCUT2D eigenvalue weighted by atomic mass is 10.1. The van der Waals surface area contributed by atoms with E-state index >= 15 is 0 Å². The van der Waals surface area contributed by atoms with Crippen LogP contribution in [0.5, 0.6) is 5.75 Å². The molecule has 0 fully saturated rings. The van der Waals surface area contributed by atoms with Gasteiger partial charge in [-0.05, 0) is 88.1 Å². The number of ether oxygens (including phenoxy) is 1. The Balaban J connectivity index is 2.10. The summed E-state index contributed by atoms with van der Waals surface area (Å²) < 4.78 is 34.6. The van der Waals surface area contributed by atoms with Gasteiger partial charge in [0.1, 0.15) is 18.3 Å². The van der Waals surface area contributed by atoms with Gasteiger partial charge < -0.3 is 15.0 Å². The lowest BCUT2D eigenvalue weighted by molar-refractivity contribution is -0.140. The zero-order valence-electron chi connectivity index (χ0n) is 25.0. The van der Waals surface area contributed by atoms with Crippen LogP contribution >= 0.6 is 0 Å². The Labute approximate surface area is 244 Å². The lowest BCUT2D eigenvalue weighted by Gasteiger charge is -2.34. The lowest BCUT2D eigenvalue weighted by Crippen LogP contribution is -2.53. The van der Waals surface area contributed by atoms with Crippen molar-refractivity contribution in [2.24, 2.45) is 0 Å². The molecule has 220 valence electrons. The number of aryl methyl sites for hydroxylation is 2. The third-order valence-corrected chi connectivity index (χ3v) is 8.84. The largest absolute Gasteiger partial charge is 0.497 e. The summed E-state index contributed by atoms with van der Waals surface area (Å²) >= 11 is 0. The second-order valence-electron chi connectivity index (χ2n) is 10.5. The minimum atomic E-state index is -4.12. The van der Waals surface area contributed by atoms with Crippen molar-refractivity contribution in [3.05, 3.63) is 89.0 Å². The summed E-state index contributed by atoms with van der Waals surface area (Å²) in [5, 5.41) is 2.91. The first kappa shape index (κ1) is 31.7. The molecule has 2 amide bonds. The zero-order valence-corrected chi connectivity index (χ0v) is 25.8. The highest BCUT2D eigenvalue weighted by Crippen LogP contribution is 2.29. The molecule has 0 aromatic heterocycles. The standard InChI is InChI=1S/C32H41N3O5S/c1-8-29(32(37)33-22(2)3)34(20-26-14-16-27(40-7)17-15-26)31(36)21-35(30-11-9-10-24(5)25(30)6)41(38,39)28-18-12-23(4)13-19-28/h9-19,22,29H,8,20-21H2,1-7H3,(H,33,37)/t29-/m0/s1. The average molecular weight is 580 g/mol. The number of hydrogen-bond donors (Lipinski definition) is 1. The molecule has 0 heterocycles. The molecule has 0 radical (unpaired) electrons. The molecule has 1 atom stereocenters. The third-order valence-electron chi connectivity index (χ3n) is 7.06. The molecular formula is C32H41N3O5S. The molecule has 3 aromatic rings. The number of carbonyl (C=O) groups is 2. The maximum atomic E-state index is 14.2. The van der Waals surface area contributed by atoms with Gasteiger partial charge in [-0.2, -0.15) is 0 Å². The number of methoxy groups -OCH3 is 1. The van der Waals surface area contributed by atoms with Crippen LogP contribution in [-0.4, -0.2) is 50.9 Å². The normalized spacial score (nSPS) is 12.1. The number of amides is 2. The Morgan fingerprint density at radius 2 is 1.56 bits per heavy atom. The molecule has 0 aliphatic heterocycles. The van der Waals surface area contributed by atoms with E-state index in [-0.39, 0.29) is 23.4 Å². The van der Waals surface area contributed by atoms with Crippen LogP contribution in [0.2, 0.25) is 0 Å². The smallest absolute Gasteiger partial charge is 0.264 e. The van der Waals surface area contributed by atoms with Crippen molar-refractivity contribution >= 4 is 27.5 Å². The Morgan fingerprint density at radius 3 is 2.12 bits per heavy atom. The van der Waals surface area contributed by atoms with Crippen LogP contribution in [0, 0.1) is 20.8 Å². The maximum Gasteiger partial charge on any atom is 0.264 e. The average Bonchev–Trinajstić information content (AvgIpc) is 2.93. The third kappa shape index (κ3) is 7.67. The van der Waals surface area contributed by atoms with Gasteiger partial charge in [0.05, 0.1) is 17.7 Å². The first-order chi connectivity index (χ1) is 19.4. The van der Waals surface area contributed by atoms with Crippen molar-refractivity contribution in [2.75, 3.05) is 18.0 Å². The van der Waals surface area contributed by atoms with Crippen LogP contribution in [0.25, 0.3) is 0 Å². The first-order valence-electron chi connectivity index (χ1n) is 13.8. The highest BCUT2D eigenvalue weighted by Gasteiger charge is 2.34. The topological polar surface area (TPSA) is 96.0 Å². The maximum absolute atomic E-state index is 14.2. The molecule has 3 aromatic carbocycles. The second kappa shape index (κ2) is 13.7. The number of nitrogens with zero attached hydrogens (tertiary/aromatic N) is 2. The van der Waals surface area contributed by atoms with Crippen molar-refractivity contribution in [2.45, 2.75) is 71.5 Å². The summed E-state index contributed by atoms with van der Waals surface area (Å²) in [6.07, 6.45) is 0.356. The van der Waals surface area contributed by atoms with Crippen molar-refractivity contribution in [3.63, 3.8) is 0 Å². The van der Waals surface area contributed by atoms with E-state index in [9.17, 15) is 18.0 Å². The van der Waals surface area contributed by atoms with E-state index < -0.39 is 28.5 Å². The van der Waals surface area contributed by atoms with E-state index in [1.54, 1.807) is 55.6 Å². The van der Waals surface area contributed by atoms with Gasteiger partial charge in [0.15, 0.2) is 0 Å². The monoisotopic (exact) mass is 579 g/mol. The molecular weight excluding hydrogens is 538 g/mol. The molecule has 0 saturated heterocycles. The van der Waals surface area contributed by atoms with E-state index in [0.717, 1.165) is 26.6 Å². The van der Waals surface area contributed by atoms with Gasteiger partial charge in [0.2, 0.25) is 11.8 Å². The molecule has 0 unspecified atom stereocenters. The van der Waals surface area contributed by atoms with Crippen LogP contribution in [0.4, 0.5) is 5.69 Å². The van der Waals surface area contributed by atoms with Gasteiger partial charge in [-0.1, -0.05) is 48.9 Å². The number of nitrogens with one attached hydrogen (secondary N) is 1. The van der Waals surface area contributed by atoms with Gasteiger partial charge >= 0.3 is 0 Å². The van der Waals surface area contributed by atoms with E-state index in [0.29, 0.717) is 17.9 Å². The van der Waals surface area contributed by atoms with Crippen LogP contribution < -0.4 is 14.4 Å². The number of carbonyl (C=O) groups excluding carboxylic acids is 2. The van der Waals surface area contributed by atoms with Gasteiger partial charge in [0.25, 0.3) is 10.0 Å². The van der Waals surface area contributed by atoms with Crippen LogP contribution in [0.15, 0.2) is 71.6 Å². The van der Waals surface area contributed by atoms with E-state index in [1.165, 1.54) is 4.90 Å². The highest BCUT2D eigenvalue weighted by atomic mass is 32.2. The zero-order chi connectivity index (χ0) is 30.3. The highest BCUT2D eigenvalue weighted by molar-refractivity contribution is 7.92. The van der Waals surface area contributed by atoms with E-state index in [2.05, 4.69) is 5.32 Å². The van der Waals surface area contributed by atoms with Gasteiger partial charge in [-0.15, -0.1) is 0 Å². The van der Waals surface area contributed by atoms with Crippen LogP contribution in [0.3, 0.4) is 0 Å². The summed E-state index contributed by atoms with van der Waals surface area (Å²) in [5.74, 6) is -0.103. The Morgan fingerprint density at radius 1 is 0.927 bits per heavy atom. The molecule has 0 bridgehead atoms. The second-order valence-corrected chi connectivity index (χ2v) is 12.4. The molecule has 8 nitrogen and oxygen atoms in total. The number of rotatable bonds is 12.